The predicted octanol–water partition coefficient (Wildman–Crippen LogP) is 5.10. The summed E-state index contributed by atoms with van der Waals surface area (Å²) in [5.41, 5.74) is 5.54. The van der Waals surface area contributed by atoms with E-state index in [0.717, 1.165) is 28.0 Å². The lowest BCUT2D eigenvalue weighted by Gasteiger charge is -2.46. The van der Waals surface area contributed by atoms with Crippen molar-refractivity contribution in [1.29, 1.82) is 0 Å². The number of carbonyl (C=O) groups is 2. The lowest BCUT2D eigenvalue weighted by Crippen LogP contribution is -2.56. The van der Waals surface area contributed by atoms with E-state index in [4.69, 9.17) is 4.74 Å². The van der Waals surface area contributed by atoms with Crippen LogP contribution in [0.25, 0.3) is 0 Å². The van der Waals surface area contributed by atoms with E-state index in [1.165, 1.54) is 23.2 Å². The lowest BCUT2D eigenvalue weighted by molar-refractivity contribution is -0.384. The van der Waals surface area contributed by atoms with E-state index >= 15 is 0 Å². The number of nitro groups is 1. The van der Waals surface area contributed by atoms with Crippen molar-refractivity contribution >= 4 is 23.4 Å². The molecule has 9 nitrogen and oxygen atoms in total. The Morgan fingerprint density at radius 1 is 0.974 bits per heavy atom. The number of carbonyl (C=O) groups excluding carboxylic acids is 2. The van der Waals surface area contributed by atoms with Crippen molar-refractivity contribution in [3.05, 3.63) is 117 Å². The summed E-state index contributed by atoms with van der Waals surface area (Å²) in [6.07, 6.45) is 0.00514. The molecule has 1 unspecified atom stereocenters. The molecule has 2 amide bonds. The molecule has 3 aromatic rings. The van der Waals surface area contributed by atoms with E-state index in [1.54, 1.807) is 36.4 Å². The highest BCUT2D eigenvalue weighted by atomic mass is 16.6. The van der Waals surface area contributed by atoms with Gasteiger partial charge in [0, 0.05) is 41.3 Å². The molecule has 0 fully saturated rings. The van der Waals surface area contributed by atoms with Gasteiger partial charge in [-0.15, -0.1) is 0 Å². The average molecular weight is 511 g/mol. The number of rotatable bonds is 3. The molecule has 0 saturated carbocycles. The molecule has 9 heteroatoms. The Kier molecular flexibility index (Phi) is 5.83. The van der Waals surface area contributed by atoms with Crippen molar-refractivity contribution in [2.75, 3.05) is 25.5 Å². The fraction of sp³-hybridized carbons (Fsp3) is 0.241. The first-order valence-electron chi connectivity index (χ1n) is 12.5. The lowest BCUT2D eigenvalue weighted by atomic mass is 9.69. The van der Waals surface area contributed by atoms with Crippen molar-refractivity contribution in [1.82, 2.24) is 10.0 Å². The van der Waals surface area contributed by atoms with Crippen LogP contribution in [0.2, 0.25) is 0 Å². The van der Waals surface area contributed by atoms with Gasteiger partial charge < -0.3 is 10.1 Å². The molecule has 0 bridgehead atoms. The monoisotopic (exact) mass is 510 g/mol. The molecule has 1 N–H and O–H groups in total. The number of benzene rings is 3. The molecule has 2 aliphatic heterocycles. The first kappa shape index (κ1) is 23.7. The van der Waals surface area contributed by atoms with Crippen molar-refractivity contribution < 1.29 is 19.2 Å². The number of amides is 2. The maximum atomic E-state index is 13.6. The van der Waals surface area contributed by atoms with Gasteiger partial charge in [-0.1, -0.05) is 48.5 Å². The van der Waals surface area contributed by atoms with Crippen LogP contribution < -0.4 is 5.32 Å². The third-order valence-corrected chi connectivity index (χ3v) is 7.81. The Hall–Kier alpha value is -4.66. The zero-order valence-corrected chi connectivity index (χ0v) is 20.7. The van der Waals surface area contributed by atoms with Crippen LogP contribution in [-0.2, 0) is 4.74 Å². The smallest absolute Gasteiger partial charge is 0.428 e. The third-order valence-electron chi connectivity index (χ3n) is 7.81. The van der Waals surface area contributed by atoms with Crippen LogP contribution in [0.5, 0.6) is 0 Å². The van der Waals surface area contributed by atoms with Gasteiger partial charge in [-0.3, -0.25) is 14.9 Å². The van der Waals surface area contributed by atoms with Gasteiger partial charge in [0.05, 0.1) is 25.1 Å². The van der Waals surface area contributed by atoms with Crippen LogP contribution in [0.3, 0.4) is 0 Å². The van der Waals surface area contributed by atoms with E-state index in [9.17, 15) is 19.7 Å². The van der Waals surface area contributed by atoms with E-state index < -0.39 is 6.09 Å². The number of nitrogens with one attached hydrogen (secondary N) is 1. The van der Waals surface area contributed by atoms with Gasteiger partial charge in [0.15, 0.2) is 0 Å². The highest BCUT2D eigenvalue weighted by Crippen LogP contribution is 2.53. The molecule has 3 aromatic carbocycles. The first-order chi connectivity index (χ1) is 18.5. The number of hydrazine groups is 1. The van der Waals surface area contributed by atoms with Gasteiger partial charge in [0.2, 0.25) is 0 Å². The summed E-state index contributed by atoms with van der Waals surface area (Å²) in [6, 6.07) is 23.9. The summed E-state index contributed by atoms with van der Waals surface area (Å²) >= 11 is 0. The van der Waals surface area contributed by atoms with Crippen molar-refractivity contribution in [2.24, 2.45) is 0 Å². The summed E-state index contributed by atoms with van der Waals surface area (Å²) in [6.45, 7) is 0.441. The van der Waals surface area contributed by atoms with Crippen LogP contribution in [0, 0.1) is 10.1 Å². The molecular weight excluding hydrogens is 484 g/mol. The molecular formula is C29H26N4O5. The predicted molar refractivity (Wildman–Crippen MR) is 141 cm³/mol. The first-order valence-corrected chi connectivity index (χ1v) is 12.5. The van der Waals surface area contributed by atoms with Gasteiger partial charge >= 0.3 is 6.09 Å². The van der Waals surface area contributed by atoms with Crippen LogP contribution in [0.15, 0.2) is 90.0 Å². The molecule has 2 heterocycles. The number of nitro benzene ring substituents is 1. The number of nitrogens with zero attached hydrogens (tertiary/aromatic N) is 3. The Morgan fingerprint density at radius 3 is 2.37 bits per heavy atom. The Balaban J connectivity index is 1.46. The minimum atomic E-state index is -0.611. The van der Waals surface area contributed by atoms with E-state index in [-0.39, 0.29) is 47.5 Å². The third kappa shape index (κ3) is 3.87. The highest BCUT2D eigenvalue weighted by molar-refractivity contribution is 5.95. The van der Waals surface area contributed by atoms with Crippen LogP contribution in [-0.4, -0.2) is 53.2 Å². The molecule has 192 valence electrons. The highest BCUT2D eigenvalue weighted by Gasteiger charge is 2.48. The quantitative estimate of drug-likeness (QED) is 0.299. The number of hydrogen-bond donors (Lipinski definition) is 1. The normalized spacial score (nSPS) is 21.7. The zero-order valence-electron chi connectivity index (χ0n) is 20.7. The maximum absolute atomic E-state index is 13.6. The molecule has 0 aromatic heterocycles. The fourth-order valence-corrected chi connectivity index (χ4v) is 6.10. The van der Waals surface area contributed by atoms with Gasteiger partial charge in [-0.25, -0.2) is 14.8 Å². The summed E-state index contributed by atoms with van der Waals surface area (Å²) in [5.74, 6) is -0.401. The molecule has 6 rings (SSSR count). The van der Waals surface area contributed by atoms with Gasteiger partial charge in [0.1, 0.15) is 0 Å². The van der Waals surface area contributed by atoms with Crippen molar-refractivity contribution in [3.63, 3.8) is 0 Å². The fourth-order valence-electron chi connectivity index (χ4n) is 6.10. The standard InChI is InChI=1S/C29H26N4O5/c1-38-29(35)32-16-20-14-23-22-15-21(33(36)37)12-13-25(22)30-27(23)26(18-8-4-2-5-9-18)24(20)17-31(32)28(34)19-10-6-3-7-11-19/h2-13,15,23,26-27,30H,14,16-17H2,1H3/t23-,26?,27+/m0/s1. The summed E-state index contributed by atoms with van der Waals surface area (Å²) in [7, 11) is 1.30. The number of methoxy groups -OCH3 is 1. The molecule has 0 spiro atoms. The molecule has 3 atom stereocenters. The molecule has 1 aliphatic carbocycles. The molecule has 0 radical (unpaired) electrons. The SMILES string of the molecule is COC(=O)N1CC2=C(CN1C(=O)c1ccccc1)C(c1ccccc1)[C@@H]1Nc3ccc([N+](=O)[O-])cc3[C@@H]1C2. The van der Waals surface area contributed by atoms with Crippen LogP contribution in [0.1, 0.15) is 39.7 Å². The van der Waals surface area contributed by atoms with E-state index in [2.05, 4.69) is 17.4 Å². The Morgan fingerprint density at radius 2 is 1.68 bits per heavy atom. The Bertz CT molecular complexity index is 1460. The number of fused-ring (bicyclic) bond motifs is 3. The van der Waals surface area contributed by atoms with Crippen molar-refractivity contribution in [2.45, 2.75) is 24.3 Å². The summed E-state index contributed by atoms with van der Waals surface area (Å²) in [4.78, 5) is 37.7. The largest absolute Gasteiger partial charge is 0.452 e. The summed E-state index contributed by atoms with van der Waals surface area (Å²) in [5, 5.41) is 18.0. The second-order valence-electron chi connectivity index (χ2n) is 9.78. The average Bonchev–Trinajstić information content (AvgIpc) is 3.32. The number of hydrogen-bond acceptors (Lipinski definition) is 6. The Labute approximate surface area is 219 Å². The van der Waals surface area contributed by atoms with Crippen molar-refractivity contribution in [3.8, 4) is 0 Å². The van der Waals surface area contributed by atoms with E-state index in [1.807, 2.05) is 24.3 Å². The van der Waals surface area contributed by atoms with E-state index in [0.29, 0.717) is 12.0 Å². The molecule has 38 heavy (non-hydrogen) atoms. The maximum Gasteiger partial charge on any atom is 0.428 e. The van der Waals surface area contributed by atoms with Gasteiger partial charge in [-0.05, 0) is 46.9 Å². The van der Waals surface area contributed by atoms with Gasteiger partial charge in [0.25, 0.3) is 11.6 Å². The van der Waals surface area contributed by atoms with Crippen LogP contribution >= 0.6 is 0 Å². The zero-order chi connectivity index (χ0) is 26.4. The summed E-state index contributed by atoms with van der Waals surface area (Å²) < 4.78 is 5.07. The second-order valence-corrected chi connectivity index (χ2v) is 9.78. The number of ether oxygens (including phenoxy) is 1. The van der Waals surface area contributed by atoms with Gasteiger partial charge in [-0.2, -0.15) is 0 Å². The topological polar surface area (TPSA) is 105 Å². The molecule has 0 saturated heterocycles. The minimum Gasteiger partial charge on any atom is -0.452 e. The number of anilines is 1. The minimum absolute atomic E-state index is 0.0234. The van der Waals surface area contributed by atoms with Crippen LogP contribution in [0.4, 0.5) is 16.2 Å². The number of non-ortho nitro benzene ring substituents is 1. The molecule has 3 aliphatic rings. The second kappa shape index (κ2) is 9.33.